The van der Waals surface area contributed by atoms with Gasteiger partial charge in [-0.3, -0.25) is 0 Å². The molecule has 0 saturated carbocycles. The van der Waals surface area contributed by atoms with Gasteiger partial charge in [-0.05, 0) is 23.1 Å². The van der Waals surface area contributed by atoms with Crippen molar-refractivity contribution in [1.29, 1.82) is 0 Å². The van der Waals surface area contributed by atoms with E-state index in [0.29, 0.717) is 11.5 Å². The van der Waals surface area contributed by atoms with Crippen LogP contribution in [-0.2, 0) is 22.0 Å². The van der Waals surface area contributed by atoms with Gasteiger partial charge in [0.25, 0.3) is 0 Å². The smallest absolute Gasteiger partial charge is 0.210 e. The van der Waals surface area contributed by atoms with Gasteiger partial charge in [-0.1, -0.05) is 26.8 Å². The largest absolute Gasteiger partial charge is 0.439 e. The highest BCUT2D eigenvalue weighted by Gasteiger charge is 2.16. The fourth-order valence-corrected chi connectivity index (χ4v) is 2.10. The van der Waals surface area contributed by atoms with Crippen LogP contribution in [0.4, 0.5) is 0 Å². The molecule has 1 aromatic carbocycles. The molecule has 0 bridgehead atoms. The van der Waals surface area contributed by atoms with Crippen LogP contribution in [0, 0.1) is 0 Å². The zero-order valence-corrected chi connectivity index (χ0v) is 12.3. The van der Waals surface area contributed by atoms with Crippen LogP contribution in [-0.4, -0.2) is 19.7 Å². The van der Waals surface area contributed by atoms with E-state index >= 15 is 0 Å². The highest BCUT2D eigenvalue weighted by atomic mass is 32.2. The first-order valence-electron chi connectivity index (χ1n) is 6.00. The summed E-state index contributed by atoms with van der Waals surface area (Å²) in [5, 5.41) is 0. The summed E-state index contributed by atoms with van der Waals surface area (Å²) in [4.78, 5) is 4.30. The second kappa shape index (κ2) is 4.61. The lowest BCUT2D eigenvalue weighted by atomic mass is 9.87. The third-order valence-electron chi connectivity index (χ3n) is 2.78. The summed E-state index contributed by atoms with van der Waals surface area (Å²) in [6.45, 7) is 6.44. The Morgan fingerprint density at radius 1 is 1.32 bits per heavy atom. The molecule has 6 heteroatoms. The van der Waals surface area contributed by atoms with Crippen LogP contribution < -0.4 is 4.72 Å². The Labute approximate surface area is 113 Å². The molecular weight excluding hydrogens is 264 g/mol. The fourth-order valence-electron chi connectivity index (χ4n) is 1.71. The van der Waals surface area contributed by atoms with Gasteiger partial charge in [-0.2, -0.15) is 0 Å². The van der Waals surface area contributed by atoms with Crippen molar-refractivity contribution in [1.82, 2.24) is 9.71 Å². The van der Waals surface area contributed by atoms with Gasteiger partial charge in [0.05, 0.1) is 12.8 Å². The average Bonchev–Trinajstić information content (AvgIpc) is 2.65. The van der Waals surface area contributed by atoms with E-state index in [1.807, 2.05) is 18.2 Å². The van der Waals surface area contributed by atoms with Crippen molar-refractivity contribution in [3.05, 3.63) is 29.7 Å². The summed E-state index contributed by atoms with van der Waals surface area (Å²) in [5.41, 5.74) is 2.62. The summed E-state index contributed by atoms with van der Waals surface area (Å²) in [6, 6.07) is 5.84. The minimum Gasteiger partial charge on any atom is -0.439 e. The van der Waals surface area contributed by atoms with Gasteiger partial charge in [0.2, 0.25) is 15.9 Å². The van der Waals surface area contributed by atoms with E-state index in [2.05, 4.69) is 30.5 Å². The number of rotatable bonds is 3. The van der Waals surface area contributed by atoms with Crippen molar-refractivity contribution in [2.24, 2.45) is 0 Å². The summed E-state index contributed by atoms with van der Waals surface area (Å²) in [7, 11) is -3.24. The maximum absolute atomic E-state index is 11.0. The summed E-state index contributed by atoms with van der Waals surface area (Å²) >= 11 is 0. The Morgan fingerprint density at radius 2 is 2.00 bits per heavy atom. The Morgan fingerprint density at radius 3 is 2.58 bits per heavy atom. The van der Waals surface area contributed by atoms with Crippen molar-refractivity contribution < 1.29 is 12.8 Å². The molecule has 0 aliphatic carbocycles. The predicted octanol–water partition coefficient (Wildman–Crippen LogP) is 2.17. The minimum absolute atomic E-state index is 0.0400. The number of benzene rings is 1. The number of oxazole rings is 1. The predicted molar refractivity (Wildman–Crippen MR) is 74.4 cm³/mol. The third-order valence-corrected chi connectivity index (χ3v) is 3.45. The molecular formula is C13H18N2O3S. The first-order valence-corrected chi connectivity index (χ1v) is 7.89. The van der Waals surface area contributed by atoms with Crippen LogP contribution >= 0.6 is 0 Å². The van der Waals surface area contributed by atoms with Gasteiger partial charge < -0.3 is 4.42 Å². The SMILES string of the molecule is CC(C)(C)c1ccc2oc(CNS(C)(=O)=O)nc2c1. The zero-order chi connectivity index (χ0) is 14.3. The van der Waals surface area contributed by atoms with Crippen LogP contribution in [0.2, 0.25) is 0 Å². The Balaban J connectivity index is 2.31. The molecule has 0 aliphatic rings. The molecule has 0 fully saturated rings. The quantitative estimate of drug-likeness (QED) is 0.936. The topological polar surface area (TPSA) is 72.2 Å². The first kappa shape index (κ1) is 14.0. The maximum atomic E-state index is 11.0. The number of aromatic nitrogens is 1. The lowest BCUT2D eigenvalue weighted by Crippen LogP contribution is -2.21. The van der Waals surface area contributed by atoms with Crippen molar-refractivity contribution >= 4 is 21.1 Å². The van der Waals surface area contributed by atoms with Crippen molar-refractivity contribution in [2.75, 3.05) is 6.26 Å². The van der Waals surface area contributed by atoms with E-state index in [9.17, 15) is 8.42 Å². The minimum atomic E-state index is -3.24. The van der Waals surface area contributed by atoms with Gasteiger partial charge >= 0.3 is 0 Å². The Kier molecular flexibility index (Phi) is 3.40. The lowest BCUT2D eigenvalue weighted by molar-refractivity contribution is 0.515. The second-order valence-corrected chi connectivity index (χ2v) is 7.47. The van der Waals surface area contributed by atoms with E-state index in [0.717, 1.165) is 17.3 Å². The number of hydrogen-bond donors (Lipinski definition) is 1. The number of nitrogens with one attached hydrogen (secondary N) is 1. The number of nitrogens with zero attached hydrogens (tertiary/aromatic N) is 1. The Hall–Kier alpha value is -1.40. The zero-order valence-electron chi connectivity index (χ0n) is 11.5. The van der Waals surface area contributed by atoms with Gasteiger partial charge in [0.15, 0.2) is 5.58 Å². The van der Waals surface area contributed by atoms with Crippen LogP contribution in [0.15, 0.2) is 22.6 Å². The molecule has 0 spiro atoms. The van der Waals surface area contributed by atoms with Crippen LogP contribution in [0.3, 0.4) is 0 Å². The molecule has 104 valence electrons. The van der Waals surface area contributed by atoms with Crippen LogP contribution in [0.25, 0.3) is 11.1 Å². The number of hydrogen-bond acceptors (Lipinski definition) is 4. The van der Waals surface area contributed by atoms with E-state index in [1.54, 1.807) is 0 Å². The molecule has 0 amide bonds. The molecule has 1 aromatic heterocycles. The van der Waals surface area contributed by atoms with Gasteiger partial charge in [-0.25, -0.2) is 18.1 Å². The van der Waals surface area contributed by atoms with Crippen molar-refractivity contribution in [3.63, 3.8) is 0 Å². The third kappa shape index (κ3) is 3.54. The van der Waals surface area contributed by atoms with E-state index in [1.165, 1.54) is 0 Å². The second-order valence-electron chi connectivity index (χ2n) is 5.63. The average molecular weight is 282 g/mol. The van der Waals surface area contributed by atoms with E-state index < -0.39 is 10.0 Å². The molecule has 0 unspecified atom stereocenters. The molecule has 2 rings (SSSR count). The molecule has 0 saturated heterocycles. The van der Waals surface area contributed by atoms with Crippen LogP contribution in [0.5, 0.6) is 0 Å². The molecule has 19 heavy (non-hydrogen) atoms. The summed E-state index contributed by atoms with van der Waals surface area (Å²) in [6.07, 6.45) is 1.10. The molecule has 0 radical (unpaired) electrons. The number of sulfonamides is 1. The molecule has 0 aliphatic heterocycles. The van der Waals surface area contributed by atoms with Gasteiger partial charge in [0, 0.05) is 0 Å². The van der Waals surface area contributed by atoms with Gasteiger partial charge in [-0.15, -0.1) is 0 Å². The molecule has 0 atom stereocenters. The lowest BCUT2D eigenvalue weighted by Gasteiger charge is -2.18. The van der Waals surface area contributed by atoms with Crippen LogP contribution in [0.1, 0.15) is 32.2 Å². The number of fused-ring (bicyclic) bond motifs is 1. The summed E-state index contributed by atoms with van der Waals surface area (Å²) < 4.78 is 29.9. The highest BCUT2D eigenvalue weighted by molar-refractivity contribution is 7.88. The van der Waals surface area contributed by atoms with Gasteiger partial charge in [0.1, 0.15) is 5.52 Å². The molecule has 1 N–H and O–H groups in total. The molecule has 2 aromatic rings. The maximum Gasteiger partial charge on any atom is 0.210 e. The normalized spacial score (nSPS) is 13.1. The fraction of sp³-hybridized carbons (Fsp3) is 0.462. The summed E-state index contributed by atoms with van der Waals surface area (Å²) in [5.74, 6) is 0.367. The van der Waals surface area contributed by atoms with E-state index in [4.69, 9.17) is 4.42 Å². The monoisotopic (exact) mass is 282 g/mol. The molecule has 1 heterocycles. The van der Waals surface area contributed by atoms with E-state index in [-0.39, 0.29) is 12.0 Å². The standard InChI is InChI=1S/C13H18N2O3S/c1-13(2,3)9-5-6-11-10(7-9)15-12(18-11)8-14-19(4,16)17/h5-7,14H,8H2,1-4H3. The highest BCUT2D eigenvalue weighted by Crippen LogP contribution is 2.26. The van der Waals surface area contributed by atoms with Crippen molar-refractivity contribution in [2.45, 2.75) is 32.7 Å². The van der Waals surface area contributed by atoms with Crippen molar-refractivity contribution in [3.8, 4) is 0 Å². The Bertz CT molecular complexity index is 696. The molecule has 5 nitrogen and oxygen atoms in total. The first-order chi connectivity index (χ1) is 8.65.